The van der Waals surface area contributed by atoms with Gasteiger partial charge in [-0.25, -0.2) is 4.39 Å². The van der Waals surface area contributed by atoms with Gasteiger partial charge in [-0.15, -0.1) is 10.2 Å². The van der Waals surface area contributed by atoms with Gasteiger partial charge in [-0.1, -0.05) is 18.2 Å². The molecule has 3 aromatic rings. The van der Waals surface area contributed by atoms with E-state index in [1.54, 1.807) is 17.0 Å². The van der Waals surface area contributed by atoms with E-state index in [0.29, 0.717) is 44.0 Å². The Balaban J connectivity index is 1.22. The molecule has 0 saturated carbocycles. The second-order valence-electron chi connectivity index (χ2n) is 10.1. The number of rotatable bonds is 7. The first-order chi connectivity index (χ1) is 19.0. The van der Waals surface area contributed by atoms with Crippen LogP contribution in [0.25, 0.3) is 11.3 Å². The predicted molar refractivity (Wildman–Crippen MR) is 147 cm³/mol. The Morgan fingerprint density at radius 1 is 0.974 bits per heavy atom. The van der Waals surface area contributed by atoms with E-state index in [1.807, 2.05) is 48.2 Å². The predicted octanol–water partition coefficient (Wildman–Crippen LogP) is 3.95. The summed E-state index contributed by atoms with van der Waals surface area (Å²) in [7, 11) is 0. The number of aryl methyl sites for hydroxylation is 1. The van der Waals surface area contributed by atoms with Crippen LogP contribution in [-0.4, -0.2) is 83.8 Å². The molecule has 0 aliphatic carbocycles. The number of ether oxygens (including phenoxy) is 1. The first kappa shape index (κ1) is 26.7. The molecule has 0 radical (unpaired) electrons. The molecule has 2 aliphatic heterocycles. The summed E-state index contributed by atoms with van der Waals surface area (Å²) in [4.78, 5) is 32.5. The van der Waals surface area contributed by atoms with Gasteiger partial charge in [-0.3, -0.25) is 9.59 Å². The highest BCUT2D eigenvalue weighted by atomic mass is 19.1. The Hall–Kier alpha value is -3.85. The van der Waals surface area contributed by atoms with Crippen molar-refractivity contribution in [1.82, 2.24) is 20.0 Å². The summed E-state index contributed by atoms with van der Waals surface area (Å²) in [5, 5.41) is 8.73. The molecule has 204 valence electrons. The highest BCUT2D eigenvalue weighted by Gasteiger charge is 2.28. The van der Waals surface area contributed by atoms with Gasteiger partial charge in [0.15, 0.2) is 5.82 Å². The van der Waals surface area contributed by atoms with Crippen molar-refractivity contribution in [2.45, 2.75) is 32.3 Å². The molecule has 1 atom stereocenters. The molecule has 0 spiro atoms. The molecule has 2 amide bonds. The second-order valence-corrected chi connectivity index (χ2v) is 10.1. The van der Waals surface area contributed by atoms with E-state index in [2.05, 4.69) is 15.1 Å². The summed E-state index contributed by atoms with van der Waals surface area (Å²) in [5.41, 5.74) is 2.99. The molecule has 8 nitrogen and oxygen atoms in total. The summed E-state index contributed by atoms with van der Waals surface area (Å²) < 4.78 is 19.0. The van der Waals surface area contributed by atoms with Gasteiger partial charge in [0.05, 0.1) is 11.8 Å². The van der Waals surface area contributed by atoms with Crippen molar-refractivity contribution in [1.29, 1.82) is 0 Å². The Morgan fingerprint density at radius 3 is 2.51 bits per heavy atom. The molecule has 2 saturated heterocycles. The summed E-state index contributed by atoms with van der Waals surface area (Å²) in [6.07, 6.45) is 2.61. The summed E-state index contributed by atoms with van der Waals surface area (Å²) in [6, 6.07) is 17.5. The van der Waals surface area contributed by atoms with Crippen molar-refractivity contribution in [3.05, 3.63) is 77.6 Å². The molecule has 1 aromatic heterocycles. The number of hydrogen-bond acceptors (Lipinski definition) is 6. The number of aromatic nitrogens is 2. The van der Waals surface area contributed by atoms with Crippen LogP contribution in [0.1, 0.15) is 35.2 Å². The monoisotopic (exact) mass is 531 g/mol. The maximum atomic E-state index is 13.5. The third-order valence-corrected chi connectivity index (χ3v) is 7.40. The van der Waals surface area contributed by atoms with E-state index >= 15 is 0 Å². The largest absolute Gasteiger partial charge is 0.376 e. The van der Waals surface area contributed by atoms with Crippen LogP contribution in [0, 0.1) is 12.7 Å². The van der Waals surface area contributed by atoms with E-state index in [1.165, 1.54) is 12.1 Å². The maximum Gasteiger partial charge on any atom is 0.254 e. The third-order valence-electron chi connectivity index (χ3n) is 7.40. The maximum absolute atomic E-state index is 13.5. The van der Waals surface area contributed by atoms with Gasteiger partial charge in [0.2, 0.25) is 5.91 Å². The number of anilines is 1. The molecule has 39 heavy (non-hydrogen) atoms. The van der Waals surface area contributed by atoms with Gasteiger partial charge in [0, 0.05) is 50.5 Å². The standard InChI is InChI=1S/C30H34FN5O3/c1-22-6-2-3-8-26(22)30(38)36(20-25-7-4-19-39-25)21-29(37)35-16-5-15-34(17-18-35)28-14-13-27(32-33-28)23-9-11-24(31)12-10-23/h2-3,6,8-14,25H,4-5,7,15-21H2,1H3. The molecule has 3 heterocycles. The van der Waals surface area contributed by atoms with E-state index in [0.717, 1.165) is 42.8 Å². The fraction of sp³-hybridized carbons (Fsp3) is 0.400. The molecule has 1 unspecified atom stereocenters. The van der Waals surface area contributed by atoms with Gasteiger partial charge in [0.1, 0.15) is 12.4 Å². The second kappa shape index (κ2) is 12.3. The molecule has 0 bridgehead atoms. The lowest BCUT2D eigenvalue weighted by molar-refractivity contribution is -0.132. The average Bonchev–Trinajstić information content (AvgIpc) is 3.34. The molecule has 9 heteroatoms. The van der Waals surface area contributed by atoms with Gasteiger partial charge in [0.25, 0.3) is 5.91 Å². The Labute approximate surface area is 228 Å². The number of halogens is 1. The zero-order valence-corrected chi connectivity index (χ0v) is 22.3. The van der Waals surface area contributed by atoms with E-state index < -0.39 is 0 Å². The smallest absolute Gasteiger partial charge is 0.254 e. The van der Waals surface area contributed by atoms with Crippen LogP contribution >= 0.6 is 0 Å². The lowest BCUT2D eigenvalue weighted by atomic mass is 10.1. The van der Waals surface area contributed by atoms with E-state index in [4.69, 9.17) is 4.74 Å². The highest BCUT2D eigenvalue weighted by Crippen LogP contribution is 2.21. The summed E-state index contributed by atoms with van der Waals surface area (Å²) in [6.45, 7) is 5.56. The Kier molecular flexibility index (Phi) is 8.46. The lowest BCUT2D eigenvalue weighted by Crippen LogP contribution is -2.46. The highest BCUT2D eigenvalue weighted by molar-refractivity contribution is 5.97. The molecule has 5 rings (SSSR count). The molecule has 0 N–H and O–H groups in total. The number of amides is 2. The topological polar surface area (TPSA) is 78.9 Å². The van der Waals surface area contributed by atoms with Gasteiger partial charge < -0.3 is 19.4 Å². The zero-order valence-electron chi connectivity index (χ0n) is 22.3. The van der Waals surface area contributed by atoms with Gasteiger partial charge in [-0.2, -0.15) is 0 Å². The fourth-order valence-electron chi connectivity index (χ4n) is 5.16. The number of hydrogen-bond donors (Lipinski definition) is 0. The van der Waals surface area contributed by atoms with Crippen LogP contribution in [0.15, 0.2) is 60.7 Å². The van der Waals surface area contributed by atoms with Crippen molar-refractivity contribution in [2.24, 2.45) is 0 Å². The van der Waals surface area contributed by atoms with Crippen molar-refractivity contribution in [3.8, 4) is 11.3 Å². The minimum atomic E-state index is -0.290. The average molecular weight is 532 g/mol. The minimum Gasteiger partial charge on any atom is -0.376 e. The zero-order chi connectivity index (χ0) is 27.2. The normalized spacial score (nSPS) is 17.6. The Morgan fingerprint density at radius 2 is 1.79 bits per heavy atom. The van der Waals surface area contributed by atoms with Crippen LogP contribution in [0.5, 0.6) is 0 Å². The van der Waals surface area contributed by atoms with Crippen molar-refractivity contribution >= 4 is 17.6 Å². The van der Waals surface area contributed by atoms with Crippen molar-refractivity contribution < 1.29 is 18.7 Å². The van der Waals surface area contributed by atoms with Crippen LogP contribution in [0.3, 0.4) is 0 Å². The summed E-state index contributed by atoms with van der Waals surface area (Å²) in [5.74, 6) is 0.255. The van der Waals surface area contributed by atoms with Gasteiger partial charge in [-0.05, 0) is 74.2 Å². The van der Waals surface area contributed by atoms with Crippen molar-refractivity contribution in [2.75, 3.05) is 50.8 Å². The van der Waals surface area contributed by atoms with Crippen LogP contribution in [0.4, 0.5) is 10.2 Å². The Bertz CT molecular complexity index is 1280. The van der Waals surface area contributed by atoms with Crippen LogP contribution in [-0.2, 0) is 9.53 Å². The molecular formula is C30H34FN5O3. The molecule has 2 fully saturated rings. The quantitative estimate of drug-likeness (QED) is 0.460. The molecule has 2 aliphatic rings. The number of carbonyl (C=O) groups excluding carboxylic acids is 2. The molecule has 2 aromatic carbocycles. The first-order valence-corrected chi connectivity index (χ1v) is 13.6. The van der Waals surface area contributed by atoms with Crippen molar-refractivity contribution in [3.63, 3.8) is 0 Å². The third kappa shape index (κ3) is 6.60. The first-order valence-electron chi connectivity index (χ1n) is 13.6. The number of benzene rings is 2. The fourth-order valence-corrected chi connectivity index (χ4v) is 5.16. The summed E-state index contributed by atoms with van der Waals surface area (Å²) >= 11 is 0. The van der Waals surface area contributed by atoms with E-state index in [-0.39, 0.29) is 30.3 Å². The number of carbonyl (C=O) groups is 2. The van der Waals surface area contributed by atoms with Gasteiger partial charge >= 0.3 is 0 Å². The lowest BCUT2D eigenvalue weighted by Gasteiger charge is -2.29. The minimum absolute atomic E-state index is 0.0270. The number of nitrogens with zero attached hydrogens (tertiary/aromatic N) is 5. The van der Waals surface area contributed by atoms with Crippen LogP contribution < -0.4 is 4.90 Å². The molecular weight excluding hydrogens is 497 g/mol. The SMILES string of the molecule is Cc1ccccc1C(=O)N(CC(=O)N1CCCN(c2ccc(-c3ccc(F)cc3)nn2)CC1)CC1CCCO1. The van der Waals surface area contributed by atoms with E-state index in [9.17, 15) is 14.0 Å². The van der Waals surface area contributed by atoms with Crippen LogP contribution in [0.2, 0.25) is 0 Å².